The zero-order valence-corrected chi connectivity index (χ0v) is 33.0. The summed E-state index contributed by atoms with van der Waals surface area (Å²) in [6.45, 7) is 2.59. The minimum atomic E-state index is -4.73. The van der Waals surface area contributed by atoms with Gasteiger partial charge in [-0.3, -0.25) is 28.2 Å². The first-order valence-corrected chi connectivity index (χ1v) is 21.3. The van der Waals surface area contributed by atoms with Gasteiger partial charge in [0.15, 0.2) is 11.9 Å². The van der Waals surface area contributed by atoms with Crippen molar-refractivity contribution in [3.63, 3.8) is 0 Å². The lowest BCUT2D eigenvalue weighted by Crippen LogP contribution is -2.34. The molecule has 0 radical (unpaired) electrons. The summed E-state index contributed by atoms with van der Waals surface area (Å²) < 4.78 is 32.5. The summed E-state index contributed by atoms with van der Waals surface area (Å²) in [5, 5.41) is 8.86. The van der Waals surface area contributed by atoms with Gasteiger partial charge in [-0.15, -0.1) is 0 Å². The van der Waals surface area contributed by atoms with E-state index in [4.69, 9.17) is 24.8 Å². The molecule has 0 bridgehead atoms. The lowest BCUT2D eigenvalue weighted by atomic mass is 10.0. The molecule has 0 aromatic rings. The molecule has 0 fully saturated rings. The summed E-state index contributed by atoms with van der Waals surface area (Å²) in [6, 6.07) is -1.53. The lowest BCUT2D eigenvalue weighted by Gasteiger charge is -2.20. The maximum absolute atomic E-state index is 12.6. The van der Waals surface area contributed by atoms with Gasteiger partial charge in [-0.1, -0.05) is 135 Å². The molecular formula is C39H70NO11P. The number of rotatable bonds is 37. The fraction of sp³-hybridized carbons (Fsp3) is 0.795. The maximum atomic E-state index is 12.6. The second kappa shape index (κ2) is 34.4. The molecule has 4 N–H and O–H groups in total. The zero-order chi connectivity index (χ0) is 38.7. The van der Waals surface area contributed by atoms with Crippen LogP contribution in [-0.2, 0) is 42.3 Å². The van der Waals surface area contributed by atoms with Crippen molar-refractivity contribution >= 4 is 31.5 Å². The van der Waals surface area contributed by atoms with Crippen molar-refractivity contribution < 1.29 is 52.3 Å². The van der Waals surface area contributed by atoms with Crippen LogP contribution in [0.1, 0.15) is 168 Å². The molecule has 13 heteroatoms. The monoisotopic (exact) mass is 759 g/mol. The number of unbranched alkanes of at least 4 members (excludes halogenated alkanes) is 18. The third kappa shape index (κ3) is 33.5. The van der Waals surface area contributed by atoms with E-state index in [9.17, 15) is 28.6 Å². The number of carboxylic acids is 1. The number of carbonyl (C=O) groups excluding carboxylic acids is 3. The minimum absolute atomic E-state index is 0.112. The van der Waals surface area contributed by atoms with Gasteiger partial charge < -0.3 is 25.2 Å². The summed E-state index contributed by atoms with van der Waals surface area (Å²) >= 11 is 0. The van der Waals surface area contributed by atoms with E-state index in [0.717, 1.165) is 70.6 Å². The molecule has 0 saturated heterocycles. The van der Waals surface area contributed by atoms with Crippen LogP contribution in [0.2, 0.25) is 0 Å². The Morgan fingerprint density at radius 3 is 1.69 bits per heavy atom. The fourth-order valence-electron chi connectivity index (χ4n) is 5.22. The maximum Gasteiger partial charge on any atom is 0.472 e. The molecule has 0 aromatic carbocycles. The van der Waals surface area contributed by atoms with Gasteiger partial charge in [0.25, 0.3) is 0 Å². The molecule has 0 heterocycles. The van der Waals surface area contributed by atoms with Crippen molar-refractivity contribution in [2.45, 2.75) is 180 Å². The Balaban J connectivity index is 4.49. The number of hydrogen-bond acceptors (Lipinski definition) is 10. The van der Waals surface area contributed by atoms with Crippen LogP contribution in [0.5, 0.6) is 0 Å². The van der Waals surface area contributed by atoms with E-state index in [2.05, 4.69) is 18.4 Å². The number of hydrogen-bond donors (Lipinski definition) is 3. The van der Waals surface area contributed by atoms with Crippen molar-refractivity contribution in [3.05, 3.63) is 24.3 Å². The quantitative estimate of drug-likeness (QED) is 0.0179. The number of ether oxygens (including phenoxy) is 2. The van der Waals surface area contributed by atoms with Gasteiger partial charge in [0.05, 0.1) is 13.2 Å². The Morgan fingerprint density at radius 2 is 1.12 bits per heavy atom. The normalized spacial score (nSPS) is 14.0. The van der Waals surface area contributed by atoms with Gasteiger partial charge in [0, 0.05) is 19.3 Å². The first-order chi connectivity index (χ1) is 25.0. The number of carbonyl (C=O) groups is 4. The molecule has 0 aromatic heterocycles. The molecular weight excluding hydrogens is 689 g/mol. The molecule has 0 saturated carbocycles. The Labute approximate surface area is 313 Å². The van der Waals surface area contributed by atoms with Crippen LogP contribution < -0.4 is 5.73 Å². The summed E-state index contributed by atoms with van der Waals surface area (Å²) in [6.07, 6.45) is 29.4. The molecule has 12 nitrogen and oxygen atoms in total. The van der Waals surface area contributed by atoms with Crippen LogP contribution in [0.25, 0.3) is 0 Å². The van der Waals surface area contributed by atoms with E-state index in [0.29, 0.717) is 19.3 Å². The molecule has 0 aliphatic heterocycles. The number of aliphatic carboxylic acids is 1. The number of phosphoric ester groups is 1. The van der Waals surface area contributed by atoms with E-state index in [-0.39, 0.29) is 25.2 Å². The Hall–Kier alpha value is -2.37. The predicted octanol–water partition coefficient (Wildman–Crippen LogP) is 9.07. The summed E-state index contributed by atoms with van der Waals surface area (Å²) in [4.78, 5) is 57.5. The van der Waals surface area contributed by atoms with E-state index in [1.807, 2.05) is 12.2 Å². The number of esters is 2. The zero-order valence-electron chi connectivity index (χ0n) is 32.1. The van der Waals surface area contributed by atoms with Gasteiger partial charge in [0.2, 0.25) is 0 Å². The van der Waals surface area contributed by atoms with Crippen molar-refractivity contribution in [2.75, 3.05) is 19.8 Å². The average Bonchev–Trinajstić information content (AvgIpc) is 3.11. The standard InChI is InChI=1S/C39H70NO11P/c1-3-5-7-8-9-10-11-12-15-18-21-25-29-37(42)48-31-35(32-49-52(46,47)50-33-36(40)39(44)45)51-38(43)30-26-22-19-16-13-14-17-20-24-28-34(41)27-23-6-4-2/h17,20,24,28,35-36H,3-16,18-19,21-23,25-27,29-33,40H2,1-2H3,(H,44,45)(H,46,47)/b20-17-,28-24+/t35-,36+/m1/s1. The number of allylic oxidation sites excluding steroid dienone is 4. The van der Waals surface area contributed by atoms with E-state index in [1.165, 1.54) is 51.4 Å². The minimum Gasteiger partial charge on any atom is -0.480 e. The van der Waals surface area contributed by atoms with Crippen LogP contribution >= 0.6 is 7.82 Å². The van der Waals surface area contributed by atoms with Crippen molar-refractivity contribution in [1.82, 2.24) is 0 Å². The SMILES string of the molecule is CCCCCCCCCCCCCCC(=O)OC[C@H](COP(=O)(O)OC[C@H](N)C(=O)O)OC(=O)CCCCCCC/C=C\C=C\C(=O)CCCCC. The van der Waals surface area contributed by atoms with E-state index < -0.39 is 51.1 Å². The van der Waals surface area contributed by atoms with Gasteiger partial charge >= 0.3 is 25.7 Å². The third-order valence-electron chi connectivity index (χ3n) is 8.43. The first kappa shape index (κ1) is 49.6. The largest absolute Gasteiger partial charge is 0.480 e. The van der Waals surface area contributed by atoms with E-state index >= 15 is 0 Å². The second-order valence-electron chi connectivity index (χ2n) is 13.5. The highest BCUT2D eigenvalue weighted by Crippen LogP contribution is 2.43. The number of carboxylic acid groups (broad SMARTS) is 1. The van der Waals surface area contributed by atoms with Crippen molar-refractivity contribution in [2.24, 2.45) is 5.73 Å². The smallest absolute Gasteiger partial charge is 0.472 e. The van der Waals surface area contributed by atoms with Crippen LogP contribution in [0, 0.1) is 0 Å². The van der Waals surface area contributed by atoms with Crippen molar-refractivity contribution in [3.8, 4) is 0 Å². The third-order valence-corrected chi connectivity index (χ3v) is 9.38. The predicted molar refractivity (Wildman–Crippen MR) is 204 cm³/mol. The molecule has 0 aliphatic rings. The molecule has 3 atom stereocenters. The first-order valence-electron chi connectivity index (χ1n) is 19.8. The Morgan fingerprint density at radius 1 is 0.635 bits per heavy atom. The second-order valence-corrected chi connectivity index (χ2v) is 14.9. The van der Waals surface area contributed by atoms with Gasteiger partial charge in [-0.2, -0.15) is 0 Å². The number of ketones is 1. The summed E-state index contributed by atoms with van der Waals surface area (Å²) in [7, 11) is -4.73. The van der Waals surface area contributed by atoms with Gasteiger partial charge in [-0.05, 0) is 38.2 Å². The van der Waals surface area contributed by atoms with Crippen LogP contribution in [0.15, 0.2) is 24.3 Å². The van der Waals surface area contributed by atoms with Crippen LogP contribution in [-0.4, -0.2) is 65.7 Å². The average molecular weight is 760 g/mol. The highest BCUT2D eigenvalue weighted by Gasteiger charge is 2.28. The topological polar surface area (TPSA) is 189 Å². The van der Waals surface area contributed by atoms with Crippen molar-refractivity contribution in [1.29, 1.82) is 0 Å². The molecule has 52 heavy (non-hydrogen) atoms. The Bertz CT molecular complexity index is 1050. The number of nitrogens with two attached hydrogens (primary N) is 1. The molecule has 1 unspecified atom stereocenters. The molecule has 0 rings (SSSR count). The molecule has 0 amide bonds. The Kier molecular flexibility index (Phi) is 32.8. The van der Waals surface area contributed by atoms with Crippen LogP contribution in [0.3, 0.4) is 0 Å². The van der Waals surface area contributed by atoms with Gasteiger partial charge in [-0.25, -0.2) is 4.57 Å². The van der Waals surface area contributed by atoms with Gasteiger partial charge in [0.1, 0.15) is 12.6 Å². The molecule has 0 aliphatic carbocycles. The van der Waals surface area contributed by atoms with Crippen LogP contribution in [0.4, 0.5) is 0 Å². The molecule has 0 spiro atoms. The summed E-state index contributed by atoms with van der Waals surface area (Å²) in [5.74, 6) is -2.29. The highest BCUT2D eigenvalue weighted by atomic mass is 31.2. The molecule has 302 valence electrons. The highest BCUT2D eigenvalue weighted by molar-refractivity contribution is 7.47. The summed E-state index contributed by atoms with van der Waals surface area (Å²) in [5.41, 5.74) is 5.31. The van der Waals surface area contributed by atoms with E-state index in [1.54, 1.807) is 12.2 Å². The fourth-order valence-corrected chi connectivity index (χ4v) is 6.00. The number of phosphoric acid groups is 1. The lowest BCUT2D eigenvalue weighted by molar-refractivity contribution is -0.161.